The maximum atomic E-state index is 14.4. The molecular weight excluding hydrogens is 582 g/mol. The van der Waals surface area contributed by atoms with Crippen LogP contribution in [0.2, 0.25) is 0 Å². The number of Topliss-reactive ketones (excluding diaryl/α,β-unsaturated/α-hetero) is 2. The van der Waals surface area contributed by atoms with E-state index in [9.17, 15) is 9.59 Å². The van der Waals surface area contributed by atoms with E-state index in [1.54, 1.807) is 0 Å². The standard InChI is InChI=1S/C42H47NO4/c1-7-15-30-20-31(21-36(46-8-2)40(30)47-27-29-18-13-10-14-19-29)37-38-32(22-41(3,4)24-34(38)44)43(26-28-16-11-9-12-17-28)33-23-42(5,6)25-35(45)39(33)37/h7,9-14,16-21,37H,1,8,15,22-27H2,2-6H3. The van der Waals surface area contributed by atoms with E-state index < -0.39 is 5.92 Å². The molecule has 3 aromatic carbocycles. The van der Waals surface area contributed by atoms with Crippen molar-refractivity contribution < 1.29 is 19.1 Å². The summed E-state index contributed by atoms with van der Waals surface area (Å²) in [5, 5.41) is 0. The van der Waals surface area contributed by atoms with Crippen LogP contribution in [0.3, 0.4) is 0 Å². The quantitative estimate of drug-likeness (QED) is 0.209. The molecule has 5 heteroatoms. The van der Waals surface area contributed by atoms with Crippen molar-refractivity contribution in [2.45, 2.75) is 85.8 Å². The fourth-order valence-corrected chi connectivity index (χ4v) is 7.65. The van der Waals surface area contributed by atoms with E-state index in [4.69, 9.17) is 9.47 Å². The van der Waals surface area contributed by atoms with Crippen LogP contribution in [0.1, 0.15) is 88.5 Å². The number of ether oxygens (including phenoxy) is 2. The van der Waals surface area contributed by atoms with E-state index in [-0.39, 0.29) is 22.4 Å². The van der Waals surface area contributed by atoms with Gasteiger partial charge in [0.05, 0.1) is 6.61 Å². The molecule has 0 aromatic heterocycles. The Hall–Kier alpha value is -4.38. The van der Waals surface area contributed by atoms with Gasteiger partial charge in [0.25, 0.3) is 0 Å². The molecule has 1 aliphatic heterocycles. The van der Waals surface area contributed by atoms with Gasteiger partial charge in [0, 0.05) is 53.4 Å². The van der Waals surface area contributed by atoms with Crippen LogP contribution in [0.25, 0.3) is 0 Å². The molecule has 0 N–H and O–H groups in total. The van der Waals surface area contributed by atoms with Gasteiger partial charge in [-0.05, 0) is 59.8 Å². The summed E-state index contributed by atoms with van der Waals surface area (Å²) in [5.74, 6) is 1.08. The van der Waals surface area contributed by atoms with Crippen LogP contribution >= 0.6 is 0 Å². The second-order valence-electron chi connectivity index (χ2n) is 14.8. The summed E-state index contributed by atoms with van der Waals surface area (Å²) in [6, 6.07) is 24.6. The molecule has 0 atom stereocenters. The Kier molecular flexibility index (Phi) is 9.02. The van der Waals surface area contributed by atoms with E-state index in [0.29, 0.717) is 50.5 Å². The van der Waals surface area contributed by atoms with Crippen molar-refractivity contribution >= 4 is 11.6 Å². The summed E-state index contributed by atoms with van der Waals surface area (Å²) < 4.78 is 12.7. The zero-order chi connectivity index (χ0) is 33.3. The van der Waals surface area contributed by atoms with Crippen molar-refractivity contribution in [2.75, 3.05) is 6.61 Å². The molecule has 3 aliphatic rings. The predicted octanol–water partition coefficient (Wildman–Crippen LogP) is 9.28. The number of carbonyl (C=O) groups excluding carboxylic acids is 2. The Morgan fingerprint density at radius 1 is 0.787 bits per heavy atom. The minimum atomic E-state index is -0.467. The van der Waals surface area contributed by atoms with Crippen molar-refractivity contribution in [3.8, 4) is 11.5 Å². The van der Waals surface area contributed by atoms with E-state index in [0.717, 1.165) is 57.6 Å². The number of benzene rings is 3. The number of carbonyl (C=O) groups is 2. The molecule has 1 heterocycles. The maximum absolute atomic E-state index is 14.4. The van der Waals surface area contributed by atoms with Crippen LogP contribution in [-0.2, 0) is 29.2 Å². The molecule has 244 valence electrons. The van der Waals surface area contributed by atoms with E-state index in [2.05, 4.69) is 69.5 Å². The number of hydrogen-bond donors (Lipinski definition) is 0. The lowest BCUT2D eigenvalue weighted by Gasteiger charge is -2.49. The Bertz CT molecular complexity index is 1690. The summed E-state index contributed by atoms with van der Waals surface area (Å²) in [6.07, 6.45) is 4.84. The summed E-state index contributed by atoms with van der Waals surface area (Å²) in [4.78, 5) is 31.1. The monoisotopic (exact) mass is 629 g/mol. The van der Waals surface area contributed by atoms with Gasteiger partial charge in [-0.25, -0.2) is 0 Å². The Morgan fingerprint density at radius 2 is 1.34 bits per heavy atom. The largest absolute Gasteiger partial charge is 0.490 e. The summed E-state index contributed by atoms with van der Waals surface area (Å²) in [7, 11) is 0. The van der Waals surface area contributed by atoms with Crippen LogP contribution in [0.15, 0.2) is 108 Å². The molecule has 6 rings (SSSR count). The maximum Gasteiger partial charge on any atom is 0.165 e. The molecular formula is C42H47NO4. The fraction of sp³-hybridized carbons (Fsp3) is 0.381. The van der Waals surface area contributed by atoms with Crippen molar-refractivity contribution in [3.05, 3.63) is 130 Å². The molecule has 2 aliphatic carbocycles. The third kappa shape index (κ3) is 6.72. The lowest BCUT2D eigenvalue weighted by Crippen LogP contribution is -2.44. The average molecular weight is 630 g/mol. The lowest BCUT2D eigenvalue weighted by atomic mass is 9.63. The molecule has 0 saturated heterocycles. The zero-order valence-corrected chi connectivity index (χ0v) is 28.5. The normalized spacial score (nSPS) is 19.0. The van der Waals surface area contributed by atoms with Gasteiger partial charge in [-0.15, -0.1) is 6.58 Å². The number of hydrogen-bond acceptors (Lipinski definition) is 5. The number of nitrogens with zero attached hydrogens (tertiary/aromatic N) is 1. The van der Waals surface area contributed by atoms with Crippen LogP contribution in [-0.4, -0.2) is 23.1 Å². The van der Waals surface area contributed by atoms with Crippen LogP contribution in [0, 0.1) is 10.8 Å². The van der Waals surface area contributed by atoms with Crippen molar-refractivity contribution in [3.63, 3.8) is 0 Å². The molecule has 0 amide bonds. The van der Waals surface area contributed by atoms with Crippen LogP contribution < -0.4 is 9.47 Å². The van der Waals surface area contributed by atoms with E-state index >= 15 is 0 Å². The summed E-state index contributed by atoms with van der Waals surface area (Å²) in [5.41, 5.74) is 7.29. The number of allylic oxidation sites excluding steroid dienone is 5. The smallest absolute Gasteiger partial charge is 0.165 e. The number of ketones is 2. The van der Waals surface area contributed by atoms with Gasteiger partial charge in [-0.1, -0.05) is 101 Å². The predicted molar refractivity (Wildman–Crippen MR) is 187 cm³/mol. The molecule has 0 saturated carbocycles. The molecule has 0 bridgehead atoms. The molecule has 3 aromatic rings. The summed E-state index contributed by atoms with van der Waals surface area (Å²) >= 11 is 0. The SMILES string of the molecule is C=CCc1cc(C2C3=C(CC(C)(C)CC3=O)N(Cc3ccccc3)C3=C2C(=O)CC(C)(C)C3)cc(OCC)c1OCc1ccccc1. The first-order valence-electron chi connectivity index (χ1n) is 16.9. The van der Waals surface area contributed by atoms with Gasteiger partial charge >= 0.3 is 0 Å². The highest BCUT2D eigenvalue weighted by Crippen LogP contribution is 2.55. The molecule has 5 nitrogen and oxygen atoms in total. The van der Waals surface area contributed by atoms with Gasteiger partial charge < -0.3 is 14.4 Å². The average Bonchev–Trinajstić information content (AvgIpc) is 3.01. The second kappa shape index (κ2) is 13.0. The molecule has 47 heavy (non-hydrogen) atoms. The third-order valence-electron chi connectivity index (χ3n) is 9.58. The number of rotatable bonds is 10. The van der Waals surface area contributed by atoms with E-state index in [1.807, 2.05) is 55.5 Å². The highest BCUT2D eigenvalue weighted by atomic mass is 16.5. The Morgan fingerprint density at radius 3 is 1.87 bits per heavy atom. The van der Waals surface area contributed by atoms with Crippen LogP contribution in [0.5, 0.6) is 11.5 Å². The highest BCUT2D eigenvalue weighted by Gasteiger charge is 2.49. The van der Waals surface area contributed by atoms with Crippen molar-refractivity contribution in [1.29, 1.82) is 0 Å². The first-order valence-corrected chi connectivity index (χ1v) is 16.9. The van der Waals surface area contributed by atoms with Gasteiger partial charge in [0.15, 0.2) is 23.1 Å². The van der Waals surface area contributed by atoms with Gasteiger partial charge in [-0.2, -0.15) is 0 Å². The molecule has 0 spiro atoms. The topological polar surface area (TPSA) is 55.8 Å². The van der Waals surface area contributed by atoms with Crippen molar-refractivity contribution in [2.24, 2.45) is 10.8 Å². The Balaban J connectivity index is 1.56. The molecule has 0 unspecified atom stereocenters. The highest BCUT2D eigenvalue weighted by molar-refractivity contribution is 6.06. The first-order chi connectivity index (χ1) is 22.5. The third-order valence-corrected chi connectivity index (χ3v) is 9.58. The van der Waals surface area contributed by atoms with E-state index in [1.165, 1.54) is 0 Å². The molecule has 0 radical (unpaired) electrons. The van der Waals surface area contributed by atoms with Gasteiger partial charge in [0.2, 0.25) is 0 Å². The fourth-order valence-electron chi connectivity index (χ4n) is 7.65. The second-order valence-corrected chi connectivity index (χ2v) is 14.8. The van der Waals surface area contributed by atoms with Gasteiger partial charge in [-0.3, -0.25) is 9.59 Å². The van der Waals surface area contributed by atoms with Crippen LogP contribution in [0.4, 0.5) is 0 Å². The molecule has 0 fully saturated rings. The Labute approximate surface area is 280 Å². The zero-order valence-electron chi connectivity index (χ0n) is 28.5. The lowest BCUT2D eigenvalue weighted by molar-refractivity contribution is -0.119. The summed E-state index contributed by atoms with van der Waals surface area (Å²) in [6.45, 7) is 16.2. The minimum absolute atomic E-state index is 0.121. The minimum Gasteiger partial charge on any atom is -0.490 e. The van der Waals surface area contributed by atoms with Gasteiger partial charge in [0.1, 0.15) is 6.61 Å². The first kappa shape index (κ1) is 32.6. The van der Waals surface area contributed by atoms with Crippen molar-refractivity contribution in [1.82, 2.24) is 4.90 Å².